The lowest BCUT2D eigenvalue weighted by atomic mass is 10.2. The minimum Gasteiger partial charge on any atom is -0.496 e. The molecule has 1 aliphatic rings. The molecule has 10 heteroatoms. The zero-order chi connectivity index (χ0) is 21.8. The number of nitrogens with zero attached hydrogens (tertiary/aromatic N) is 3. The number of nitrogens with one attached hydrogen (secondary N) is 1. The lowest BCUT2D eigenvalue weighted by Crippen LogP contribution is -2.54. The van der Waals surface area contributed by atoms with Gasteiger partial charge in [-0.3, -0.25) is 19.8 Å². The average Bonchev–Trinajstić information content (AvgIpc) is 2.66. The molecule has 1 aliphatic heterocycles. The molecule has 160 valence electrons. The molecular formula is C19H28N4O6. The molecule has 0 aliphatic carbocycles. The number of nitro benzene ring substituents is 1. The summed E-state index contributed by atoms with van der Waals surface area (Å²) in [7, 11) is 1.41. The summed E-state index contributed by atoms with van der Waals surface area (Å²) in [6.07, 6.45) is -0.372. The smallest absolute Gasteiger partial charge is 0.410 e. The van der Waals surface area contributed by atoms with Crippen molar-refractivity contribution in [2.45, 2.75) is 39.3 Å². The summed E-state index contributed by atoms with van der Waals surface area (Å²) in [5, 5.41) is 13.9. The molecule has 1 saturated heterocycles. The lowest BCUT2D eigenvalue weighted by Gasteiger charge is -2.37. The minimum atomic E-state index is -0.567. The standard InChI is InChI=1S/C19H28N4O6/c1-13(21-8-10-22(11-9-21)18(25)29-19(2,3)4)17(24)20-15-7-6-14(28-5)12-16(15)23(26)27/h6-7,12-13H,8-11H2,1-5H3,(H,20,24). The average molecular weight is 408 g/mol. The van der Waals surface area contributed by atoms with Crippen LogP contribution in [0.1, 0.15) is 27.7 Å². The van der Waals surface area contributed by atoms with Crippen molar-refractivity contribution in [1.82, 2.24) is 9.80 Å². The van der Waals surface area contributed by atoms with Crippen LogP contribution >= 0.6 is 0 Å². The highest BCUT2D eigenvalue weighted by Gasteiger charge is 2.30. The molecule has 1 aromatic rings. The SMILES string of the molecule is COc1ccc(NC(=O)C(C)N2CCN(C(=O)OC(C)(C)C)CC2)c([N+](=O)[O-])c1. The molecule has 29 heavy (non-hydrogen) atoms. The first kappa shape index (κ1) is 22.4. The second-order valence-electron chi connectivity index (χ2n) is 7.81. The highest BCUT2D eigenvalue weighted by atomic mass is 16.6. The summed E-state index contributed by atoms with van der Waals surface area (Å²) in [4.78, 5) is 39.0. The van der Waals surface area contributed by atoms with Crippen molar-refractivity contribution in [3.63, 3.8) is 0 Å². The van der Waals surface area contributed by atoms with Crippen molar-refractivity contribution < 1.29 is 24.0 Å². The van der Waals surface area contributed by atoms with Gasteiger partial charge in [0.1, 0.15) is 17.0 Å². The Balaban J connectivity index is 1.97. The van der Waals surface area contributed by atoms with E-state index < -0.39 is 16.6 Å². The topological polar surface area (TPSA) is 114 Å². The van der Waals surface area contributed by atoms with E-state index in [0.29, 0.717) is 31.9 Å². The third kappa shape index (κ3) is 6.05. The Bertz CT molecular complexity index is 768. The Kier molecular flexibility index (Phi) is 7.02. The summed E-state index contributed by atoms with van der Waals surface area (Å²) in [5.41, 5.74) is -0.686. The second kappa shape index (κ2) is 9.08. The maximum atomic E-state index is 12.6. The predicted octanol–water partition coefficient (Wildman–Crippen LogP) is 2.48. The van der Waals surface area contributed by atoms with Crippen LogP contribution in [-0.2, 0) is 9.53 Å². The van der Waals surface area contributed by atoms with Crippen LogP contribution in [0.25, 0.3) is 0 Å². The number of ether oxygens (including phenoxy) is 2. The van der Waals surface area contributed by atoms with Crippen LogP contribution in [0.4, 0.5) is 16.2 Å². The molecule has 2 amide bonds. The lowest BCUT2D eigenvalue weighted by molar-refractivity contribution is -0.384. The molecular weight excluding hydrogens is 380 g/mol. The summed E-state index contributed by atoms with van der Waals surface area (Å²) < 4.78 is 10.4. The molecule has 1 N–H and O–H groups in total. The van der Waals surface area contributed by atoms with E-state index in [1.165, 1.54) is 19.2 Å². The van der Waals surface area contributed by atoms with Crippen LogP contribution in [0.2, 0.25) is 0 Å². The predicted molar refractivity (Wildman–Crippen MR) is 107 cm³/mol. The van der Waals surface area contributed by atoms with Gasteiger partial charge >= 0.3 is 6.09 Å². The maximum absolute atomic E-state index is 12.6. The molecule has 1 aromatic carbocycles. The van der Waals surface area contributed by atoms with Crippen molar-refractivity contribution in [2.24, 2.45) is 0 Å². The summed E-state index contributed by atoms with van der Waals surface area (Å²) >= 11 is 0. The van der Waals surface area contributed by atoms with Gasteiger partial charge in [0.15, 0.2) is 0 Å². The van der Waals surface area contributed by atoms with E-state index in [1.807, 2.05) is 25.7 Å². The fourth-order valence-corrected chi connectivity index (χ4v) is 2.92. The zero-order valence-corrected chi connectivity index (χ0v) is 17.4. The number of nitro groups is 1. The monoisotopic (exact) mass is 408 g/mol. The van der Waals surface area contributed by atoms with Crippen molar-refractivity contribution in [2.75, 3.05) is 38.6 Å². The van der Waals surface area contributed by atoms with E-state index in [0.717, 1.165) is 0 Å². The van der Waals surface area contributed by atoms with Gasteiger partial charge in [-0.05, 0) is 39.8 Å². The number of amides is 2. The van der Waals surface area contributed by atoms with E-state index in [1.54, 1.807) is 17.9 Å². The van der Waals surface area contributed by atoms with Gasteiger partial charge in [0.25, 0.3) is 5.69 Å². The number of hydrogen-bond donors (Lipinski definition) is 1. The van der Waals surface area contributed by atoms with Gasteiger partial charge < -0.3 is 19.7 Å². The fourth-order valence-electron chi connectivity index (χ4n) is 2.92. The molecule has 1 heterocycles. The fraction of sp³-hybridized carbons (Fsp3) is 0.579. The van der Waals surface area contributed by atoms with Crippen molar-refractivity contribution in [1.29, 1.82) is 0 Å². The first-order valence-electron chi connectivity index (χ1n) is 9.37. The molecule has 1 atom stereocenters. The van der Waals surface area contributed by atoms with Crippen molar-refractivity contribution in [3.8, 4) is 5.75 Å². The Labute approximate surface area is 169 Å². The van der Waals surface area contributed by atoms with Gasteiger partial charge in [-0.1, -0.05) is 0 Å². The first-order valence-corrected chi connectivity index (χ1v) is 9.37. The summed E-state index contributed by atoms with van der Waals surface area (Å²) in [6.45, 7) is 9.04. The number of methoxy groups -OCH3 is 1. The minimum absolute atomic E-state index is 0.111. The van der Waals surface area contributed by atoms with E-state index in [-0.39, 0.29) is 23.4 Å². The molecule has 0 bridgehead atoms. The quantitative estimate of drug-likeness (QED) is 0.588. The van der Waals surface area contributed by atoms with Crippen LogP contribution < -0.4 is 10.1 Å². The van der Waals surface area contributed by atoms with Gasteiger partial charge in [-0.15, -0.1) is 0 Å². The van der Waals surface area contributed by atoms with Gasteiger partial charge in [0, 0.05) is 26.2 Å². The van der Waals surface area contributed by atoms with Crippen LogP contribution in [0.3, 0.4) is 0 Å². The van der Waals surface area contributed by atoms with E-state index >= 15 is 0 Å². The van der Waals surface area contributed by atoms with Gasteiger partial charge in [0.05, 0.1) is 24.1 Å². The van der Waals surface area contributed by atoms with Gasteiger partial charge in [-0.2, -0.15) is 0 Å². The second-order valence-corrected chi connectivity index (χ2v) is 7.81. The van der Waals surface area contributed by atoms with Crippen molar-refractivity contribution in [3.05, 3.63) is 28.3 Å². The largest absolute Gasteiger partial charge is 0.496 e. The highest BCUT2D eigenvalue weighted by Crippen LogP contribution is 2.29. The Hall–Kier alpha value is -2.88. The molecule has 0 spiro atoms. The molecule has 0 radical (unpaired) electrons. The number of carbonyl (C=O) groups is 2. The molecule has 1 unspecified atom stereocenters. The zero-order valence-electron chi connectivity index (χ0n) is 17.4. The van der Waals surface area contributed by atoms with E-state index in [9.17, 15) is 19.7 Å². The third-order valence-electron chi connectivity index (χ3n) is 4.55. The van der Waals surface area contributed by atoms with Crippen LogP contribution in [0.5, 0.6) is 5.75 Å². The molecule has 10 nitrogen and oxygen atoms in total. The van der Waals surface area contributed by atoms with Gasteiger partial charge in [-0.25, -0.2) is 4.79 Å². The normalized spacial score (nSPS) is 16.1. The van der Waals surface area contributed by atoms with E-state index in [4.69, 9.17) is 9.47 Å². The number of rotatable bonds is 5. The number of carbonyl (C=O) groups excluding carboxylic acids is 2. The Morgan fingerprint density at radius 2 is 1.83 bits per heavy atom. The Morgan fingerprint density at radius 3 is 2.34 bits per heavy atom. The van der Waals surface area contributed by atoms with Gasteiger partial charge in [0.2, 0.25) is 5.91 Å². The molecule has 1 fully saturated rings. The Morgan fingerprint density at radius 1 is 1.21 bits per heavy atom. The van der Waals surface area contributed by atoms with Crippen LogP contribution in [0.15, 0.2) is 18.2 Å². The summed E-state index contributed by atoms with van der Waals surface area (Å²) in [5.74, 6) is -0.0232. The van der Waals surface area contributed by atoms with Crippen LogP contribution in [0, 0.1) is 10.1 Å². The maximum Gasteiger partial charge on any atom is 0.410 e. The van der Waals surface area contributed by atoms with Crippen molar-refractivity contribution >= 4 is 23.4 Å². The third-order valence-corrected chi connectivity index (χ3v) is 4.55. The molecule has 2 rings (SSSR count). The highest BCUT2D eigenvalue weighted by molar-refractivity contribution is 5.96. The first-order chi connectivity index (χ1) is 13.5. The number of anilines is 1. The summed E-state index contributed by atoms with van der Waals surface area (Å²) in [6, 6.07) is 3.74. The molecule has 0 saturated carbocycles. The van der Waals surface area contributed by atoms with Crippen LogP contribution in [-0.4, -0.2) is 71.7 Å². The number of benzene rings is 1. The number of piperazine rings is 1. The molecule has 0 aromatic heterocycles. The van der Waals surface area contributed by atoms with E-state index in [2.05, 4.69) is 5.32 Å². The number of hydrogen-bond acceptors (Lipinski definition) is 7.